The molecular formula is C27H25NO3. The standard InChI is InChI=1S/C27H25NO3/c1-3-13-24(26(30)31-2)28-25(29)20-27(21-14-7-4-8-15-21,22-16-9-5-10-17-22)23-18-11-6-12-19-23/h1,4-12,14-19,24H,13,20H2,2H3,(H,28,29)/t24-/m1/s1. The van der Waals surface area contributed by atoms with Gasteiger partial charge in [-0.15, -0.1) is 12.3 Å². The lowest BCUT2D eigenvalue weighted by Crippen LogP contribution is -2.44. The van der Waals surface area contributed by atoms with E-state index in [-0.39, 0.29) is 18.7 Å². The van der Waals surface area contributed by atoms with Crippen LogP contribution in [0.1, 0.15) is 29.5 Å². The molecular weight excluding hydrogens is 386 g/mol. The Morgan fingerprint density at radius 1 is 0.871 bits per heavy atom. The average Bonchev–Trinajstić information content (AvgIpc) is 2.83. The summed E-state index contributed by atoms with van der Waals surface area (Å²) >= 11 is 0. The molecule has 0 saturated carbocycles. The molecule has 1 amide bonds. The van der Waals surface area contributed by atoms with Crippen molar-refractivity contribution in [2.75, 3.05) is 7.11 Å². The summed E-state index contributed by atoms with van der Waals surface area (Å²) in [4.78, 5) is 25.4. The zero-order valence-corrected chi connectivity index (χ0v) is 17.5. The Kier molecular flexibility index (Phi) is 7.24. The molecule has 1 N–H and O–H groups in total. The summed E-state index contributed by atoms with van der Waals surface area (Å²) in [5.41, 5.74) is 2.20. The van der Waals surface area contributed by atoms with Crippen molar-refractivity contribution in [3.8, 4) is 12.3 Å². The summed E-state index contributed by atoms with van der Waals surface area (Å²) in [5, 5.41) is 2.78. The Morgan fingerprint density at radius 2 is 1.29 bits per heavy atom. The third-order valence-corrected chi connectivity index (χ3v) is 5.37. The Balaban J connectivity index is 2.11. The van der Waals surface area contributed by atoms with E-state index >= 15 is 0 Å². The summed E-state index contributed by atoms with van der Waals surface area (Å²) in [6.45, 7) is 0. The summed E-state index contributed by atoms with van der Waals surface area (Å²) in [6.07, 6.45) is 5.55. The maximum atomic E-state index is 13.3. The topological polar surface area (TPSA) is 55.4 Å². The van der Waals surface area contributed by atoms with Crippen molar-refractivity contribution in [2.45, 2.75) is 24.3 Å². The van der Waals surface area contributed by atoms with Crippen LogP contribution in [0, 0.1) is 12.3 Å². The fourth-order valence-corrected chi connectivity index (χ4v) is 3.91. The van der Waals surface area contributed by atoms with Gasteiger partial charge in [0.2, 0.25) is 5.91 Å². The molecule has 0 aliphatic heterocycles. The first-order valence-electron chi connectivity index (χ1n) is 10.1. The second kappa shape index (κ2) is 10.3. The van der Waals surface area contributed by atoms with Gasteiger partial charge in [-0.2, -0.15) is 0 Å². The third kappa shape index (κ3) is 4.84. The zero-order chi connectivity index (χ0) is 22.1. The number of hydrogen-bond acceptors (Lipinski definition) is 3. The number of carbonyl (C=O) groups excluding carboxylic acids is 2. The maximum absolute atomic E-state index is 13.3. The lowest BCUT2D eigenvalue weighted by Gasteiger charge is -2.36. The number of ether oxygens (including phenoxy) is 1. The predicted molar refractivity (Wildman–Crippen MR) is 121 cm³/mol. The minimum Gasteiger partial charge on any atom is -0.467 e. The van der Waals surface area contributed by atoms with Gasteiger partial charge in [0.25, 0.3) is 0 Å². The molecule has 1 atom stereocenters. The monoisotopic (exact) mass is 411 g/mol. The molecule has 0 spiro atoms. The van der Waals surface area contributed by atoms with Crippen molar-refractivity contribution in [1.82, 2.24) is 5.32 Å². The number of terminal acetylenes is 1. The number of amides is 1. The minimum atomic E-state index is -0.887. The van der Waals surface area contributed by atoms with Gasteiger partial charge in [-0.3, -0.25) is 4.79 Å². The van der Waals surface area contributed by atoms with Crippen LogP contribution >= 0.6 is 0 Å². The normalized spacial score (nSPS) is 11.7. The van der Waals surface area contributed by atoms with Gasteiger partial charge in [0.15, 0.2) is 0 Å². The van der Waals surface area contributed by atoms with Crippen LogP contribution in [0.25, 0.3) is 0 Å². The van der Waals surface area contributed by atoms with Crippen LogP contribution in [0.4, 0.5) is 0 Å². The molecule has 0 aromatic heterocycles. The lowest BCUT2D eigenvalue weighted by atomic mass is 9.67. The molecule has 0 radical (unpaired) electrons. The molecule has 0 bridgehead atoms. The Hall–Kier alpha value is -3.84. The van der Waals surface area contributed by atoms with Gasteiger partial charge in [-0.25, -0.2) is 4.79 Å². The molecule has 0 fully saturated rings. The quantitative estimate of drug-likeness (QED) is 0.345. The highest BCUT2D eigenvalue weighted by atomic mass is 16.5. The molecule has 3 aromatic carbocycles. The number of methoxy groups -OCH3 is 1. The molecule has 3 aromatic rings. The van der Waals surface area contributed by atoms with Crippen molar-refractivity contribution in [3.63, 3.8) is 0 Å². The lowest BCUT2D eigenvalue weighted by molar-refractivity contribution is -0.145. The van der Waals surface area contributed by atoms with Crippen molar-refractivity contribution >= 4 is 11.9 Å². The van der Waals surface area contributed by atoms with E-state index in [4.69, 9.17) is 11.2 Å². The van der Waals surface area contributed by atoms with Crippen molar-refractivity contribution in [3.05, 3.63) is 108 Å². The van der Waals surface area contributed by atoms with Gasteiger partial charge >= 0.3 is 5.97 Å². The molecule has 156 valence electrons. The second-order valence-corrected chi connectivity index (χ2v) is 7.23. The number of nitrogens with one attached hydrogen (secondary N) is 1. The Morgan fingerprint density at radius 3 is 1.65 bits per heavy atom. The van der Waals surface area contributed by atoms with E-state index in [1.807, 2.05) is 91.0 Å². The summed E-state index contributed by atoms with van der Waals surface area (Å²) in [5.74, 6) is 1.58. The van der Waals surface area contributed by atoms with E-state index in [2.05, 4.69) is 11.2 Å². The number of rotatable bonds is 8. The van der Waals surface area contributed by atoms with Crippen LogP contribution < -0.4 is 5.32 Å². The summed E-state index contributed by atoms with van der Waals surface area (Å²) < 4.78 is 4.80. The third-order valence-electron chi connectivity index (χ3n) is 5.37. The SMILES string of the molecule is C#CC[C@@H](NC(=O)CC(c1ccccc1)(c1ccccc1)c1ccccc1)C(=O)OC. The molecule has 0 aliphatic rings. The highest BCUT2D eigenvalue weighted by Crippen LogP contribution is 2.42. The molecule has 0 unspecified atom stereocenters. The molecule has 4 heteroatoms. The van der Waals surface area contributed by atoms with Crippen LogP contribution in [0.15, 0.2) is 91.0 Å². The van der Waals surface area contributed by atoms with E-state index in [0.29, 0.717) is 0 Å². The molecule has 3 rings (SSSR count). The summed E-state index contributed by atoms with van der Waals surface area (Å²) in [7, 11) is 1.28. The van der Waals surface area contributed by atoms with Crippen LogP contribution in [0.3, 0.4) is 0 Å². The highest BCUT2D eigenvalue weighted by molar-refractivity contribution is 5.86. The first-order chi connectivity index (χ1) is 15.1. The fraction of sp³-hybridized carbons (Fsp3) is 0.185. The van der Waals surface area contributed by atoms with Crippen LogP contribution in [0.2, 0.25) is 0 Å². The van der Waals surface area contributed by atoms with Crippen LogP contribution in [-0.4, -0.2) is 25.0 Å². The fourth-order valence-electron chi connectivity index (χ4n) is 3.91. The first kappa shape index (κ1) is 21.9. The van der Waals surface area contributed by atoms with Gasteiger partial charge in [-0.1, -0.05) is 91.0 Å². The minimum absolute atomic E-state index is 0.0629. The van der Waals surface area contributed by atoms with Crippen LogP contribution in [0.5, 0.6) is 0 Å². The van der Waals surface area contributed by atoms with Crippen LogP contribution in [-0.2, 0) is 19.7 Å². The molecule has 0 saturated heterocycles. The van der Waals surface area contributed by atoms with Gasteiger partial charge in [0, 0.05) is 12.8 Å². The Labute approximate surface area is 183 Å². The van der Waals surface area contributed by atoms with Crippen molar-refractivity contribution in [1.29, 1.82) is 0 Å². The van der Waals surface area contributed by atoms with E-state index in [1.54, 1.807) is 0 Å². The molecule has 4 nitrogen and oxygen atoms in total. The first-order valence-corrected chi connectivity index (χ1v) is 10.1. The predicted octanol–water partition coefficient (Wildman–Crippen LogP) is 4.09. The molecule has 31 heavy (non-hydrogen) atoms. The molecule has 0 aliphatic carbocycles. The molecule has 0 heterocycles. The van der Waals surface area contributed by atoms with Gasteiger partial charge < -0.3 is 10.1 Å². The average molecular weight is 412 g/mol. The van der Waals surface area contributed by atoms with E-state index in [0.717, 1.165) is 16.7 Å². The Bertz CT molecular complexity index is 943. The van der Waals surface area contributed by atoms with Gasteiger partial charge in [0.1, 0.15) is 6.04 Å². The van der Waals surface area contributed by atoms with Gasteiger partial charge in [0.05, 0.1) is 12.5 Å². The number of carbonyl (C=O) groups is 2. The van der Waals surface area contributed by atoms with E-state index in [9.17, 15) is 9.59 Å². The summed E-state index contributed by atoms with van der Waals surface area (Å²) in [6, 6.07) is 28.9. The van der Waals surface area contributed by atoms with E-state index in [1.165, 1.54) is 7.11 Å². The van der Waals surface area contributed by atoms with Crippen molar-refractivity contribution in [2.24, 2.45) is 0 Å². The van der Waals surface area contributed by atoms with E-state index < -0.39 is 17.4 Å². The smallest absolute Gasteiger partial charge is 0.329 e. The number of benzene rings is 3. The van der Waals surface area contributed by atoms with Crippen molar-refractivity contribution < 1.29 is 14.3 Å². The maximum Gasteiger partial charge on any atom is 0.329 e. The number of esters is 1. The second-order valence-electron chi connectivity index (χ2n) is 7.23. The number of hydrogen-bond donors (Lipinski definition) is 1. The largest absolute Gasteiger partial charge is 0.467 e. The highest BCUT2D eigenvalue weighted by Gasteiger charge is 2.39. The zero-order valence-electron chi connectivity index (χ0n) is 17.5. The van der Waals surface area contributed by atoms with Gasteiger partial charge in [-0.05, 0) is 16.7 Å².